The van der Waals surface area contributed by atoms with Crippen LogP contribution < -0.4 is 4.74 Å². The lowest BCUT2D eigenvalue weighted by Gasteiger charge is -2.10. The van der Waals surface area contributed by atoms with E-state index in [1.807, 2.05) is 0 Å². The van der Waals surface area contributed by atoms with Crippen LogP contribution in [-0.4, -0.2) is 11.3 Å². The first kappa shape index (κ1) is 11.7. The van der Waals surface area contributed by atoms with Crippen LogP contribution in [0.5, 0.6) is 5.75 Å². The molecule has 0 aliphatic heterocycles. The molecule has 0 radical (unpaired) electrons. The van der Waals surface area contributed by atoms with Gasteiger partial charge in [0.05, 0.1) is 0 Å². The zero-order valence-electron chi connectivity index (χ0n) is 6.20. The number of ether oxygens (including phenoxy) is 1. The second-order valence-corrected chi connectivity index (χ2v) is 3.70. The maximum absolute atomic E-state index is 12.8. The number of rotatable bonds is 1. The lowest BCUT2D eigenvalue weighted by atomic mass is 10.4. The van der Waals surface area contributed by atoms with Crippen LogP contribution in [0.3, 0.4) is 0 Å². The Hall–Kier alpha value is -0.370. The van der Waals surface area contributed by atoms with E-state index in [-0.39, 0.29) is 4.60 Å². The third-order valence-corrected chi connectivity index (χ3v) is 2.20. The minimum Gasteiger partial charge on any atom is -0.404 e. The van der Waals surface area contributed by atoms with Crippen LogP contribution in [0.4, 0.5) is 17.6 Å². The Kier molecular flexibility index (Phi) is 3.36. The molecule has 0 bridgehead atoms. The van der Waals surface area contributed by atoms with Gasteiger partial charge in [-0.1, -0.05) is 0 Å². The summed E-state index contributed by atoms with van der Waals surface area (Å²) in [5.74, 6) is -1.77. The first-order chi connectivity index (χ1) is 6.29. The van der Waals surface area contributed by atoms with Gasteiger partial charge in [0.2, 0.25) is 5.95 Å². The fraction of sp³-hybridized carbons (Fsp3) is 0.167. The summed E-state index contributed by atoms with van der Waals surface area (Å²) < 4.78 is 51.1. The highest BCUT2D eigenvalue weighted by atomic mass is 79.9. The van der Waals surface area contributed by atoms with Gasteiger partial charge in [-0.2, -0.15) is 4.39 Å². The van der Waals surface area contributed by atoms with Crippen LogP contribution in [0.15, 0.2) is 15.1 Å². The molecular weight excluding hydrogens is 338 g/mol. The summed E-state index contributed by atoms with van der Waals surface area (Å²) in [6, 6.07) is 0.903. The standard InChI is InChI=1S/C6HBr2F4NO/c7-3-1-2(14-6(10,11)12)4(8)5(9)13-3/h1H. The Morgan fingerprint density at radius 2 is 1.86 bits per heavy atom. The van der Waals surface area contributed by atoms with Crippen molar-refractivity contribution in [2.24, 2.45) is 0 Å². The minimum absolute atomic E-state index is 0.0857. The lowest BCUT2D eigenvalue weighted by Crippen LogP contribution is -2.17. The Labute approximate surface area is 92.5 Å². The zero-order valence-corrected chi connectivity index (χ0v) is 9.37. The molecule has 78 valence electrons. The first-order valence-electron chi connectivity index (χ1n) is 3.07. The molecule has 0 saturated carbocycles. The number of pyridine rings is 1. The van der Waals surface area contributed by atoms with Gasteiger partial charge < -0.3 is 4.74 Å². The second kappa shape index (κ2) is 4.01. The van der Waals surface area contributed by atoms with Crippen molar-refractivity contribution >= 4 is 31.9 Å². The summed E-state index contributed by atoms with van der Waals surface area (Å²) in [6.45, 7) is 0. The van der Waals surface area contributed by atoms with Gasteiger partial charge in [0, 0.05) is 6.07 Å². The molecule has 1 heterocycles. The predicted molar refractivity (Wildman–Crippen MR) is 46.3 cm³/mol. The van der Waals surface area contributed by atoms with Crippen molar-refractivity contribution < 1.29 is 22.3 Å². The number of alkyl halides is 3. The molecule has 1 aromatic heterocycles. The monoisotopic (exact) mass is 337 g/mol. The molecule has 0 aliphatic carbocycles. The fourth-order valence-electron chi connectivity index (χ4n) is 0.647. The Morgan fingerprint density at radius 3 is 2.36 bits per heavy atom. The second-order valence-electron chi connectivity index (χ2n) is 2.10. The number of nitrogens with zero attached hydrogens (tertiary/aromatic N) is 1. The summed E-state index contributed by atoms with van der Waals surface area (Å²) in [5, 5.41) is 0. The fourth-order valence-corrected chi connectivity index (χ4v) is 1.29. The van der Waals surface area contributed by atoms with Crippen LogP contribution in [0.1, 0.15) is 0 Å². The maximum atomic E-state index is 12.8. The largest absolute Gasteiger partial charge is 0.573 e. The van der Waals surface area contributed by atoms with Gasteiger partial charge in [0.25, 0.3) is 0 Å². The van der Waals surface area contributed by atoms with E-state index in [1.165, 1.54) is 0 Å². The van der Waals surface area contributed by atoms with Gasteiger partial charge >= 0.3 is 6.36 Å². The number of hydrogen-bond donors (Lipinski definition) is 0. The smallest absolute Gasteiger partial charge is 0.404 e. The summed E-state index contributed by atoms with van der Waals surface area (Å²) in [4.78, 5) is 3.22. The molecule has 8 heteroatoms. The first-order valence-corrected chi connectivity index (χ1v) is 4.65. The molecule has 0 atom stereocenters. The Balaban J connectivity index is 3.09. The molecule has 0 N–H and O–H groups in total. The molecule has 2 nitrogen and oxygen atoms in total. The van der Waals surface area contributed by atoms with Crippen LogP contribution >= 0.6 is 31.9 Å². The van der Waals surface area contributed by atoms with Gasteiger partial charge in [-0.25, -0.2) is 4.98 Å². The molecule has 0 aromatic carbocycles. The van der Waals surface area contributed by atoms with Crippen molar-refractivity contribution in [3.8, 4) is 5.75 Å². The molecule has 0 amide bonds. The molecular formula is C6HBr2F4NO. The molecule has 1 aromatic rings. The highest BCUT2D eigenvalue weighted by molar-refractivity contribution is 9.11. The van der Waals surface area contributed by atoms with Gasteiger partial charge in [0.1, 0.15) is 9.08 Å². The van der Waals surface area contributed by atoms with Gasteiger partial charge in [-0.05, 0) is 31.9 Å². The number of aromatic nitrogens is 1. The van der Waals surface area contributed by atoms with Crippen molar-refractivity contribution in [1.29, 1.82) is 0 Å². The molecule has 0 spiro atoms. The van der Waals surface area contributed by atoms with E-state index in [9.17, 15) is 17.6 Å². The van der Waals surface area contributed by atoms with E-state index < -0.39 is 22.5 Å². The van der Waals surface area contributed by atoms with E-state index in [0.717, 1.165) is 6.07 Å². The number of halogens is 6. The van der Waals surface area contributed by atoms with Crippen molar-refractivity contribution in [3.05, 3.63) is 21.1 Å². The van der Waals surface area contributed by atoms with Crippen molar-refractivity contribution in [3.63, 3.8) is 0 Å². The molecule has 1 rings (SSSR count). The molecule has 14 heavy (non-hydrogen) atoms. The average Bonchev–Trinajstić information content (AvgIpc) is 1.96. The Morgan fingerprint density at radius 1 is 1.29 bits per heavy atom. The van der Waals surface area contributed by atoms with Gasteiger partial charge in [-0.3, -0.25) is 0 Å². The van der Waals surface area contributed by atoms with Crippen molar-refractivity contribution in [2.45, 2.75) is 6.36 Å². The summed E-state index contributed by atoms with van der Waals surface area (Å²) in [7, 11) is 0. The third kappa shape index (κ3) is 3.09. The molecule has 0 saturated heterocycles. The zero-order chi connectivity index (χ0) is 10.9. The summed E-state index contributed by atoms with van der Waals surface area (Å²) in [6.07, 6.45) is -4.87. The predicted octanol–water partition coefficient (Wildman–Crippen LogP) is 3.64. The Bertz CT molecular complexity index is 354. The lowest BCUT2D eigenvalue weighted by molar-refractivity contribution is -0.275. The summed E-state index contributed by atoms with van der Waals surface area (Å²) >= 11 is 5.32. The highest BCUT2D eigenvalue weighted by Gasteiger charge is 2.32. The van der Waals surface area contributed by atoms with Crippen molar-refractivity contribution in [1.82, 2.24) is 4.98 Å². The number of hydrogen-bond acceptors (Lipinski definition) is 2. The minimum atomic E-state index is -4.87. The molecule has 0 fully saturated rings. The van der Waals surface area contributed by atoms with Crippen LogP contribution in [0.2, 0.25) is 0 Å². The topological polar surface area (TPSA) is 22.1 Å². The van der Waals surface area contributed by atoms with Crippen LogP contribution in [-0.2, 0) is 0 Å². The quantitative estimate of drug-likeness (QED) is 0.576. The van der Waals surface area contributed by atoms with E-state index in [0.29, 0.717) is 0 Å². The van der Waals surface area contributed by atoms with Gasteiger partial charge in [0.15, 0.2) is 5.75 Å². The SMILES string of the molecule is Fc1nc(Br)cc(OC(F)(F)F)c1Br. The van der Waals surface area contributed by atoms with E-state index in [2.05, 4.69) is 41.6 Å². The average molecular weight is 339 g/mol. The van der Waals surface area contributed by atoms with Gasteiger partial charge in [-0.15, -0.1) is 13.2 Å². The summed E-state index contributed by atoms with van der Waals surface area (Å²) in [5.41, 5.74) is 0. The van der Waals surface area contributed by atoms with Crippen LogP contribution in [0, 0.1) is 5.95 Å². The van der Waals surface area contributed by atoms with Crippen LogP contribution in [0.25, 0.3) is 0 Å². The van der Waals surface area contributed by atoms with Crippen molar-refractivity contribution in [2.75, 3.05) is 0 Å². The van der Waals surface area contributed by atoms with E-state index in [1.54, 1.807) is 0 Å². The van der Waals surface area contributed by atoms with E-state index >= 15 is 0 Å². The normalized spacial score (nSPS) is 11.6. The van der Waals surface area contributed by atoms with E-state index in [4.69, 9.17) is 0 Å². The maximum Gasteiger partial charge on any atom is 0.573 e. The third-order valence-electron chi connectivity index (χ3n) is 1.08. The molecule has 0 aliphatic rings. The molecule has 0 unspecified atom stereocenters. The highest BCUT2D eigenvalue weighted by Crippen LogP contribution is 2.33.